The van der Waals surface area contributed by atoms with Crippen molar-refractivity contribution in [3.05, 3.63) is 70.8 Å². The summed E-state index contributed by atoms with van der Waals surface area (Å²) in [6, 6.07) is 14.3. The van der Waals surface area contributed by atoms with Crippen LogP contribution in [0.15, 0.2) is 48.5 Å². The van der Waals surface area contributed by atoms with Gasteiger partial charge in [0.05, 0.1) is 31.8 Å². The normalized spacial score (nSPS) is 20.0. The van der Waals surface area contributed by atoms with E-state index in [1.165, 1.54) is 13.2 Å². The van der Waals surface area contributed by atoms with Crippen molar-refractivity contribution in [2.45, 2.75) is 32.2 Å². The molecule has 1 fully saturated rings. The van der Waals surface area contributed by atoms with Crippen LogP contribution in [-0.2, 0) is 47.0 Å². The van der Waals surface area contributed by atoms with Crippen LogP contribution in [0.2, 0.25) is 0 Å². The zero-order valence-electron chi connectivity index (χ0n) is 20.1. The molecule has 8 heteroatoms. The summed E-state index contributed by atoms with van der Waals surface area (Å²) in [4.78, 5) is 55.3. The molecule has 1 aliphatic carbocycles. The predicted octanol–water partition coefficient (Wildman–Crippen LogP) is 2.67. The lowest BCUT2D eigenvalue weighted by atomic mass is 9.59. The zero-order valence-corrected chi connectivity index (χ0v) is 20.1. The third-order valence-corrected chi connectivity index (χ3v) is 6.82. The summed E-state index contributed by atoms with van der Waals surface area (Å²) in [6.45, 7) is 4.06. The minimum atomic E-state index is -2.02. The molecule has 1 saturated heterocycles. The molecule has 1 amide bonds. The maximum atomic E-state index is 13.9. The van der Waals surface area contributed by atoms with Crippen LogP contribution >= 0.6 is 0 Å². The maximum Gasteiger partial charge on any atom is 0.337 e. The van der Waals surface area contributed by atoms with Gasteiger partial charge in [-0.1, -0.05) is 36.4 Å². The molecular weight excluding hydrogens is 450 g/mol. The van der Waals surface area contributed by atoms with Crippen molar-refractivity contribution in [2.75, 3.05) is 26.9 Å². The molecule has 0 bridgehead atoms. The Balaban J connectivity index is 1.89. The molecule has 2 aromatic rings. The summed E-state index contributed by atoms with van der Waals surface area (Å²) in [5.74, 6) is -3.92. The average molecular weight is 480 g/mol. The number of hydrogen-bond acceptors (Lipinski definition) is 7. The molecular formula is C27H29NO7. The van der Waals surface area contributed by atoms with Crippen molar-refractivity contribution in [2.24, 2.45) is 11.8 Å². The molecule has 4 rings (SSSR count). The fourth-order valence-corrected chi connectivity index (χ4v) is 5.41. The van der Waals surface area contributed by atoms with E-state index < -0.39 is 29.2 Å². The zero-order chi connectivity index (χ0) is 25.2. The second-order valence-electron chi connectivity index (χ2n) is 8.76. The smallest absolute Gasteiger partial charge is 0.337 e. The lowest BCUT2D eigenvalue weighted by molar-refractivity contribution is -0.172. The molecule has 0 aromatic heterocycles. The van der Waals surface area contributed by atoms with Gasteiger partial charge in [0.25, 0.3) is 0 Å². The van der Waals surface area contributed by atoms with Crippen LogP contribution < -0.4 is 0 Å². The Bertz CT molecular complexity index is 1130. The highest BCUT2D eigenvalue weighted by Gasteiger charge is 2.66. The SMILES string of the molecule is CCOC(=O)C1(C(=O)OCC)c2cc(C(=O)OC)ccc2C[C@@H]2CN(Cc3ccccc3)C(=O)[C@H]21. The number of amides is 1. The third kappa shape index (κ3) is 4.07. The maximum absolute atomic E-state index is 13.9. The number of fused-ring (bicyclic) bond motifs is 2. The summed E-state index contributed by atoms with van der Waals surface area (Å²) in [7, 11) is 1.25. The molecule has 0 unspecified atom stereocenters. The van der Waals surface area contributed by atoms with Gasteiger partial charge in [-0.25, -0.2) is 4.79 Å². The number of ether oxygens (including phenoxy) is 3. The second-order valence-corrected chi connectivity index (χ2v) is 8.76. The van der Waals surface area contributed by atoms with Crippen LogP contribution in [0.3, 0.4) is 0 Å². The van der Waals surface area contributed by atoms with Gasteiger partial charge in [-0.3, -0.25) is 14.4 Å². The van der Waals surface area contributed by atoms with E-state index in [2.05, 4.69) is 0 Å². The molecule has 0 saturated carbocycles. The van der Waals surface area contributed by atoms with Crippen molar-refractivity contribution in [3.8, 4) is 0 Å². The first-order valence-corrected chi connectivity index (χ1v) is 11.8. The molecule has 2 atom stereocenters. The topological polar surface area (TPSA) is 99.2 Å². The molecule has 1 aliphatic heterocycles. The van der Waals surface area contributed by atoms with E-state index in [0.717, 1.165) is 5.56 Å². The van der Waals surface area contributed by atoms with Crippen LogP contribution in [0, 0.1) is 11.8 Å². The number of benzene rings is 2. The number of likely N-dealkylation sites (tertiary alicyclic amines) is 1. The van der Waals surface area contributed by atoms with Gasteiger partial charge < -0.3 is 19.1 Å². The number of methoxy groups -OCH3 is 1. The van der Waals surface area contributed by atoms with Gasteiger partial charge in [0.2, 0.25) is 11.3 Å². The summed E-state index contributed by atoms with van der Waals surface area (Å²) in [5.41, 5.74) is 0.0801. The number of esters is 3. The Morgan fingerprint density at radius 3 is 2.26 bits per heavy atom. The first-order chi connectivity index (χ1) is 16.9. The largest absolute Gasteiger partial charge is 0.465 e. The van der Waals surface area contributed by atoms with Crippen LogP contribution in [0.5, 0.6) is 0 Å². The summed E-state index contributed by atoms with van der Waals surface area (Å²) < 4.78 is 15.7. The molecule has 1 heterocycles. The number of hydrogen-bond donors (Lipinski definition) is 0. The van der Waals surface area contributed by atoms with Gasteiger partial charge in [-0.05, 0) is 55.0 Å². The molecule has 0 N–H and O–H groups in total. The minimum absolute atomic E-state index is 0.0192. The van der Waals surface area contributed by atoms with Crippen molar-refractivity contribution >= 4 is 23.8 Å². The van der Waals surface area contributed by atoms with Crippen LogP contribution in [0.4, 0.5) is 0 Å². The number of carbonyl (C=O) groups is 4. The van der Waals surface area contributed by atoms with Gasteiger partial charge in [-0.2, -0.15) is 0 Å². The third-order valence-electron chi connectivity index (χ3n) is 6.82. The quantitative estimate of drug-likeness (QED) is 0.342. The van der Waals surface area contributed by atoms with E-state index in [4.69, 9.17) is 14.2 Å². The summed E-state index contributed by atoms with van der Waals surface area (Å²) in [5, 5.41) is 0. The Kier molecular flexibility index (Phi) is 6.91. The highest BCUT2D eigenvalue weighted by atomic mass is 16.6. The molecule has 2 aromatic carbocycles. The predicted molar refractivity (Wildman–Crippen MR) is 125 cm³/mol. The monoisotopic (exact) mass is 479 g/mol. The van der Waals surface area contributed by atoms with E-state index in [1.807, 2.05) is 30.3 Å². The lowest BCUT2D eigenvalue weighted by Gasteiger charge is -2.41. The fraction of sp³-hybridized carbons (Fsp3) is 0.407. The van der Waals surface area contributed by atoms with Crippen molar-refractivity contribution in [3.63, 3.8) is 0 Å². The van der Waals surface area contributed by atoms with E-state index >= 15 is 0 Å². The number of rotatable bonds is 7. The van der Waals surface area contributed by atoms with Crippen molar-refractivity contribution in [1.82, 2.24) is 4.90 Å². The van der Waals surface area contributed by atoms with Gasteiger partial charge in [0, 0.05) is 13.1 Å². The van der Waals surface area contributed by atoms with Crippen LogP contribution in [0.1, 0.15) is 40.9 Å². The Labute approximate surface area is 204 Å². The van der Waals surface area contributed by atoms with Gasteiger partial charge in [0.1, 0.15) is 0 Å². The number of nitrogens with zero attached hydrogens (tertiary/aromatic N) is 1. The van der Waals surface area contributed by atoms with Crippen LogP contribution in [-0.4, -0.2) is 55.6 Å². The average Bonchev–Trinajstić information content (AvgIpc) is 3.17. The molecule has 184 valence electrons. The summed E-state index contributed by atoms with van der Waals surface area (Å²) >= 11 is 0. The highest BCUT2D eigenvalue weighted by Crippen LogP contribution is 2.50. The van der Waals surface area contributed by atoms with E-state index in [9.17, 15) is 19.2 Å². The molecule has 0 spiro atoms. The minimum Gasteiger partial charge on any atom is -0.465 e. The lowest BCUT2D eigenvalue weighted by Crippen LogP contribution is -2.58. The van der Waals surface area contributed by atoms with Crippen LogP contribution in [0.25, 0.3) is 0 Å². The van der Waals surface area contributed by atoms with E-state index in [0.29, 0.717) is 25.1 Å². The second kappa shape index (κ2) is 9.90. The van der Waals surface area contributed by atoms with Crippen molar-refractivity contribution in [1.29, 1.82) is 0 Å². The fourth-order valence-electron chi connectivity index (χ4n) is 5.41. The van der Waals surface area contributed by atoms with Crippen molar-refractivity contribution < 1.29 is 33.4 Å². The molecule has 35 heavy (non-hydrogen) atoms. The Morgan fingerprint density at radius 1 is 1.00 bits per heavy atom. The molecule has 2 aliphatic rings. The first kappa shape index (κ1) is 24.4. The van der Waals surface area contributed by atoms with Gasteiger partial charge in [0.15, 0.2) is 0 Å². The first-order valence-electron chi connectivity index (χ1n) is 11.8. The molecule has 8 nitrogen and oxygen atoms in total. The Hall–Kier alpha value is -3.68. The highest BCUT2D eigenvalue weighted by molar-refractivity contribution is 6.12. The molecule has 0 radical (unpaired) electrons. The van der Waals surface area contributed by atoms with Gasteiger partial charge in [-0.15, -0.1) is 0 Å². The Morgan fingerprint density at radius 2 is 1.66 bits per heavy atom. The van der Waals surface area contributed by atoms with Gasteiger partial charge >= 0.3 is 17.9 Å². The van der Waals surface area contributed by atoms with E-state index in [1.54, 1.807) is 30.9 Å². The summed E-state index contributed by atoms with van der Waals surface area (Å²) in [6.07, 6.45) is 0.471. The van der Waals surface area contributed by atoms with E-state index in [-0.39, 0.29) is 36.2 Å². The standard InChI is InChI=1S/C27H29NO7/c1-4-34-25(31)27(26(32)35-5-2)21-14-19(24(30)33-3)12-11-18(21)13-20-16-28(23(29)22(20)27)15-17-9-7-6-8-10-17/h6-12,14,20,22H,4-5,13,15-16H2,1-3H3/t20-,22+/m1/s1. The number of carbonyl (C=O) groups excluding carboxylic acids is 4.